The summed E-state index contributed by atoms with van der Waals surface area (Å²) in [6.07, 6.45) is 0. The standard InChI is InChI=1S/C14H9FN2O3/c15-12-3-1-10(2-4-12)9-20-14-6-5-13(17(18)19)7-11(14)8-16/h1-7H,9H2. The smallest absolute Gasteiger partial charge is 0.271 e. The Labute approximate surface area is 114 Å². The molecule has 2 aromatic carbocycles. The van der Waals surface area contributed by atoms with Crippen molar-refractivity contribution in [2.75, 3.05) is 0 Å². The van der Waals surface area contributed by atoms with Gasteiger partial charge in [0.1, 0.15) is 29.8 Å². The molecule has 100 valence electrons. The van der Waals surface area contributed by atoms with Crippen molar-refractivity contribution in [1.29, 1.82) is 5.26 Å². The molecule has 20 heavy (non-hydrogen) atoms. The molecule has 0 aliphatic heterocycles. The molecule has 0 aliphatic carbocycles. The van der Waals surface area contributed by atoms with Gasteiger partial charge in [0.25, 0.3) is 5.69 Å². The summed E-state index contributed by atoms with van der Waals surface area (Å²) < 4.78 is 18.2. The maximum absolute atomic E-state index is 12.7. The Morgan fingerprint density at radius 2 is 1.95 bits per heavy atom. The van der Waals surface area contributed by atoms with Crippen molar-refractivity contribution in [2.45, 2.75) is 6.61 Å². The summed E-state index contributed by atoms with van der Waals surface area (Å²) in [5.41, 5.74) is 0.644. The summed E-state index contributed by atoms with van der Waals surface area (Å²) in [5.74, 6) is -0.0933. The molecule has 0 aliphatic rings. The molecule has 0 heterocycles. The first-order chi connectivity index (χ1) is 9.60. The van der Waals surface area contributed by atoms with Gasteiger partial charge in [-0.25, -0.2) is 4.39 Å². The maximum atomic E-state index is 12.7. The van der Waals surface area contributed by atoms with Crippen molar-refractivity contribution < 1.29 is 14.1 Å². The first kappa shape index (κ1) is 13.5. The molecule has 0 bridgehead atoms. The lowest BCUT2D eigenvalue weighted by Crippen LogP contribution is -1.98. The number of ether oxygens (including phenoxy) is 1. The summed E-state index contributed by atoms with van der Waals surface area (Å²) in [5, 5.41) is 19.6. The molecule has 0 saturated carbocycles. The second kappa shape index (κ2) is 5.80. The molecule has 5 nitrogen and oxygen atoms in total. The second-order valence-electron chi connectivity index (χ2n) is 3.96. The molecule has 6 heteroatoms. The Morgan fingerprint density at radius 1 is 1.25 bits per heavy atom. The first-order valence-electron chi connectivity index (χ1n) is 5.66. The molecule has 0 spiro atoms. The first-order valence-corrected chi connectivity index (χ1v) is 5.66. The summed E-state index contributed by atoms with van der Waals surface area (Å²) >= 11 is 0. The monoisotopic (exact) mass is 272 g/mol. The van der Waals surface area contributed by atoms with Crippen LogP contribution in [0.2, 0.25) is 0 Å². The summed E-state index contributed by atoms with van der Waals surface area (Å²) in [6, 6.07) is 11.4. The quantitative estimate of drug-likeness (QED) is 0.632. The molecule has 0 N–H and O–H groups in total. The van der Waals surface area contributed by atoms with Crippen LogP contribution in [-0.2, 0) is 6.61 Å². The third-order valence-corrected chi connectivity index (χ3v) is 2.60. The largest absolute Gasteiger partial charge is 0.488 e. The minimum Gasteiger partial charge on any atom is -0.488 e. The Kier molecular flexibility index (Phi) is 3.91. The van der Waals surface area contributed by atoms with Gasteiger partial charge in [-0.3, -0.25) is 10.1 Å². The van der Waals surface area contributed by atoms with Crippen LogP contribution in [0.15, 0.2) is 42.5 Å². The van der Waals surface area contributed by atoms with Crippen molar-refractivity contribution >= 4 is 5.69 Å². The van der Waals surface area contributed by atoms with Gasteiger partial charge in [-0.15, -0.1) is 0 Å². The highest BCUT2D eigenvalue weighted by atomic mass is 19.1. The second-order valence-corrected chi connectivity index (χ2v) is 3.96. The third kappa shape index (κ3) is 3.09. The van der Waals surface area contributed by atoms with Crippen molar-refractivity contribution in [3.8, 4) is 11.8 Å². The number of hydrogen-bond donors (Lipinski definition) is 0. The van der Waals surface area contributed by atoms with E-state index in [0.717, 1.165) is 11.6 Å². The van der Waals surface area contributed by atoms with Gasteiger partial charge in [0, 0.05) is 12.1 Å². The molecule has 2 rings (SSSR count). The SMILES string of the molecule is N#Cc1cc([N+](=O)[O-])ccc1OCc1ccc(F)cc1. The van der Waals surface area contributed by atoms with Crippen LogP contribution in [0.1, 0.15) is 11.1 Å². The molecule has 0 fully saturated rings. The van der Waals surface area contributed by atoms with E-state index in [0.29, 0.717) is 0 Å². The van der Waals surface area contributed by atoms with Crippen LogP contribution in [0.25, 0.3) is 0 Å². The Balaban J connectivity index is 2.15. The lowest BCUT2D eigenvalue weighted by atomic mass is 10.2. The van der Waals surface area contributed by atoms with E-state index < -0.39 is 4.92 Å². The van der Waals surface area contributed by atoms with Gasteiger partial charge in [0.2, 0.25) is 0 Å². The molecule has 0 aromatic heterocycles. The molecule has 0 unspecified atom stereocenters. The van der Waals surface area contributed by atoms with E-state index in [-0.39, 0.29) is 29.4 Å². The van der Waals surface area contributed by atoms with Crippen LogP contribution in [-0.4, -0.2) is 4.92 Å². The minimum atomic E-state index is -0.579. The van der Waals surface area contributed by atoms with Crippen molar-refractivity contribution in [2.24, 2.45) is 0 Å². The van der Waals surface area contributed by atoms with Gasteiger partial charge in [-0.1, -0.05) is 12.1 Å². The molecule has 0 atom stereocenters. The Morgan fingerprint density at radius 3 is 2.55 bits per heavy atom. The fourth-order valence-corrected chi connectivity index (χ4v) is 1.59. The van der Waals surface area contributed by atoms with Gasteiger partial charge in [-0.05, 0) is 23.8 Å². The fraction of sp³-hybridized carbons (Fsp3) is 0.0714. The number of nitriles is 1. The Bertz CT molecular complexity index is 678. The topological polar surface area (TPSA) is 76.2 Å². The predicted octanol–water partition coefficient (Wildman–Crippen LogP) is 3.18. The number of nitro benzene ring substituents is 1. The van der Waals surface area contributed by atoms with Crippen LogP contribution >= 0.6 is 0 Å². The van der Waals surface area contributed by atoms with E-state index in [1.807, 2.05) is 6.07 Å². The maximum Gasteiger partial charge on any atom is 0.271 e. The number of benzene rings is 2. The van der Waals surface area contributed by atoms with E-state index in [1.54, 1.807) is 12.1 Å². The minimum absolute atomic E-state index is 0.0845. The van der Waals surface area contributed by atoms with E-state index in [9.17, 15) is 14.5 Å². The van der Waals surface area contributed by atoms with Crippen molar-refractivity contribution in [3.05, 3.63) is 69.5 Å². The zero-order valence-electron chi connectivity index (χ0n) is 10.2. The average molecular weight is 272 g/mol. The van der Waals surface area contributed by atoms with E-state index in [4.69, 9.17) is 10.00 Å². The van der Waals surface area contributed by atoms with Crippen LogP contribution in [0.3, 0.4) is 0 Å². The number of nitro groups is 1. The fourth-order valence-electron chi connectivity index (χ4n) is 1.59. The normalized spacial score (nSPS) is 9.80. The molecule has 0 radical (unpaired) electrons. The van der Waals surface area contributed by atoms with Gasteiger partial charge in [0.15, 0.2) is 0 Å². The van der Waals surface area contributed by atoms with Crippen molar-refractivity contribution in [1.82, 2.24) is 0 Å². The Hall–Kier alpha value is -2.94. The van der Waals surface area contributed by atoms with E-state index in [1.165, 1.54) is 24.3 Å². The van der Waals surface area contributed by atoms with Gasteiger partial charge < -0.3 is 4.74 Å². The number of halogens is 1. The van der Waals surface area contributed by atoms with Crippen LogP contribution < -0.4 is 4.74 Å². The lowest BCUT2D eigenvalue weighted by molar-refractivity contribution is -0.384. The summed E-state index contributed by atoms with van der Waals surface area (Å²) in [4.78, 5) is 10.0. The number of non-ortho nitro benzene ring substituents is 1. The zero-order valence-corrected chi connectivity index (χ0v) is 10.2. The van der Waals surface area contributed by atoms with Gasteiger partial charge >= 0.3 is 0 Å². The lowest BCUT2D eigenvalue weighted by Gasteiger charge is -2.07. The highest BCUT2D eigenvalue weighted by molar-refractivity contribution is 5.50. The molecule has 0 saturated heterocycles. The van der Waals surface area contributed by atoms with E-state index >= 15 is 0 Å². The molecular formula is C14H9FN2O3. The summed E-state index contributed by atoms with van der Waals surface area (Å²) in [6.45, 7) is 0.146. The van der Waals surface area contributed by atoms with Crippen LogP contribution in [0.4, 0.5) is 10.1 Å². The number of rotatable bonds is 4. The highest BCUT2D eigenvalue weighted by Gasteiger charge is 2.11. The third-order valence-electron chi connectivity index (χ3n) is 2.60. The zero-order chi connectivity index (χ0) is 14.5. The molecule has 2 aromatic rings. The van der Waals surface area contributed by atoms with Crippen molar-refractivity contribution in [3.63, 3.8) is 0 Å². The number of hydrogen-bond acceptors (Lipinski definition) is 4. The van der Waals surface area contributed by atoms with E-state index in [2.05, 4.69) is 0 Å². The van der Waals surface area contributed by atoms with Crippen LogP contribution in [0, 0.1) is 27.3 Å². The molecular weight excluding hydrogens is 263 g/mol. The number of nitrogens with zero attached hydrogens (tertiary/aromatic N) is 2. The summed E-state index contributed by atoms with van der Waals surface area (Å²) in [7, 11) is 0. The van der Waals surface area contributed by atoms with Gasteiger partial charge in [-0.2, -0.15) is 5.26 Å². The predicted molar refractivity (Wildman–Crippen MR) is 68.5 cm³/mol. The average Bonchev–Trinajstić information content (AvgIpc) is 2.46. The molecule has 0 amide bonds. The van der Waals surface area contributed by atoms with Gasteiger partial charge in [0.05, 0.1) is 4.92 Å². The van der Waals surface area contributed by atoms with Crippen LogP contribution in [0.5, 0.6) is 5.75 Å². The highest BCUT2D eigenvalue weighted by Crippen LogP contribution is 2.24.